The summed E-state index contributed by atoms with van der Waals surface area (Å²) in [5.41, 5.74) is 5.19. The van der Waals surface area contributed by atoms with Gasteiger partial charge in [-0.05, 0) is 25.4 Å². The van der Waals surface area contributed by atoms with Crippen LogP contribution < -0.4 is 62.2 Å². The molecule has 0 heterocycles. The van der Waals surface area contributed by atoms with Gasteiger partial charge in [0.05, 0.1) is 0 Å². The first-order valence-electron chi connectivity index (χ1n) is 3.56. The van der Waals surface area contributed by atoms with E-state index < -0.39 is 18.0 Å². The van der Waals surface area contributed by atoms with E-state index in [0.717, 1.165) is 12.7 Å². The molecule has 0 radical (unpaired) electrons. The van der Waals surface area contributed by atoms with Crippen LogP contribution in [-0.4, -0.2) is 35.1 Å². The van der Waals surface area contributed by atoms with Crippen LogP contribution >= 0.6 is 11.8 Å². The van der Waals surface area contributed by atoms with Gasteiger partial charge in [0.2, 0.25) is 0 Å². The molecule has 0 rings (SSSR count). The summed E-state index contributed by atoms with van der Waals surface area (Å²) >= 11 is 1.60. The van der Waals surface area contributed by atoms with Gasteiger partial charge < -0.3 is 20.7 Å². The van der Waals surface area contributed by atoms with Gasteiger partial charge in [-0.15, -0.1) is 0 Å². The van der Waals surface area contributed by atoms with Crippen LogP contribution in [-0.2, 0) is 9.59 Å². The number of aliphatic carboxylic acids is 2. The standard InChI is InChI=1S/C5H11NO2S.C2H4O2.K/c1-9-3-2-4(6)5(7)8;1-2(3)4;/h4H,2-3,6H2,1H3,(H,7,8);1H3,(H,3,4);/q;;+1/p-1. The Balaban J connectivity index is -0.000000209. The molecule has 1 atom stereocenters. The van der Waals surface area contributed by atoms with Gasteiger partial charge in [-0.3, -0.25) is 4.79 Å². The molecule has 0 aromatic carbocycles. The van der Waals surface area contributed by atoms with Crippen LogP contribution in [0.15, 0.2) is 0 Å². The smallest absolute Gasteiger partial charge is 0.550 e. The molecule has 0 amide bonds. The second-order valence-corrected chi connectivity index (χ2v) is 3.20. The Labute approximate surface area is 130 Å². The fourth-order valence-corrected chi connectivity index (χ4v) is 0.858. The van der Waals surface area contributed by atoms with Gasteiger partial charge in [0.25, 0.3) is 0 Å². The van der Waals surface area contributed by atoms with Crippen LogP contribution in [0.25, 0.3) is 0 Å². The van der Waals surface area contributed by atoms with Crippen molar-refractivity contribution in [3.05, 3.63) is 0 Å². The molecule has 1 unspecified atom stereocenters. The molecule has 0 bridgehead atoms. The fourth-order valence-electron chi connectivity index (χ4n) is 0.368. The maximum Gasteiger partial charge on any atom is 1.00 e. The maximum atomic E-state index is 10.1. The van der Waals surface area contributed by atoms with Crippen molar-refractivity contribution < 1.29 is 71.2 Å². The van der Waals surface area contributed by atoms with Gasteiger partial charge in [0, 0.05) is 5.97 Å². The number of rotatable bonds is 4. The van der Waals surface area contributed by atoms with E-state index in [-0.39, 0.29) is 51.4 Å². The molecule has 0 aromatic rings. The summed E-state index contributed by atoms with van der Waals surface area (Å²) < 4.78 is 0. The van der Waals surface area contributed by atoms with Crippen molar-refractivity contribution >= 4 is 23.7 Å². The summed E-state index contributed by atoms with van der Waals surface area (Å²) in [6, 6.07) is -0.683. The molecule has 0 aliphatic rings. The zero-order valence-corrected chi connectivity index (χ0v) is 12.6. The summed E-state index contributed by atoms with van der Waals surface area (Å²) in [7, 11) is 0. The minimum atomic E-state index is -1.08. The Morgan fingerprint density at radius 3 is 2.14 bits per heavy atom. The molecular formula is C7H14KNO4S. The summed E-state index contributed by atoms with van der Waals surface area (Å²) in [6.07, 6.45) is 2.48. The van der Waals surface area contributed by atoms with E-state index in [2.05, 4.69) is 0 Å². The Kier molecular flexibility index (Phi) is 20.2. The van der Waals surface area contributed by atoms with Gasteiger partial charge in [0.15, 0.2) is 0 Å². The largest absolute Gasteiger partial charge is 1.00 e. The molecule has 14 heavy (non-hydrogen) atoms. The molecule has 3 N–H and O–H groups in total. The summed E-state index contributed by atoms with van der Waals surface area (Å²) in [4.78, 5) is 19.0. The zero-order valence-electron chi connectivity index (χ0n) is 8.65. The molecule has 0 spiro atoms. The van der Waals surface area contributed by atoms with Crippen LogP contribution in [0, 0.1) is 0 Å². The Bertz CT molecular complexity index is 164. The van der Waals surface area contributed by atoms with Crippen LogP contribution in [0.1, 0.15) is 13.3 Å². The number of hydrogen-bond donors (Lipinski definition) is 2. The minimum Gasteiger partial charge on any atom is -0.550 e. The number of nitrogens with two attached hydrogens (primary N) is 1. The second-order valence-electron chi connectivity index (χ2n) is 2.22. The molecule has 0 fully saturated rings. The molecule has 0 aromatic heterocycles. The quantitative estimate of drug-likeness (QED) is 0.490. The molecular weight excluding hydrogens is 233 g/mol. The van der Waals surface area contributed by atoms with Gasteiger partial charge in [-0.25, -0.2) is 0 Å². The predicted molar refractivity (Wildman–Crippen MR) is 49.3 cm³/mol. The first kappa shape index (κ1) is 20.3. The molecule has 0 aliphatic heterocycles. The van der Waals surface area contributed by atoms with Crippen molar-refractivity contribution in [2.45, 2.75) is 19.4 Å². The Hall–Kier alpha value is 0.886. The SMILES string of the molecule is CC(=O)[O-].CSCCC(N)C(=O)O.[K+]. The monoisotopic (exact) mass is 247 g/mol. The minimum absolute atomic E-state index is 0. The second kappa shape index (κ2) is 13.9. The van der Waals surface area contributed by atoms with Crippen molar-refractivity contribution in [2.24, 2.45) is 5.73 Å². The van der Waals surface area contributed by atoms with E-state index >= 15 is 0 Å². The molecule has 7 heteroatoms. The Morgan fingerprint density at radius 1 is 1.57 bits per heavy atom. The number of carbonyl (C=O) groups excluding carboxylic acids is 1. The van der Waals surface area contributed by atoms with Gasteiger partial charge in [-0.1, -0.05) is 0 Å². The van der Waals surface area contributed by atoms with E-state index in [0.29, 0.717) is 6.42 Å². The van der Waals surface area contributed by atoms with Gasteiger partial charge in [0.1, 0.15) is 6.04 Å². The number of carboxylic acid groups (broad SMARTS) is 2. The van der Waals surface area contributed by atoms with Crippen LogP contribution in [0.5, 0.6) is 0 Å². The summed E-state index contributed by atoms with van der Waals surface area (Å²) in [5.74, 6) is -1.18. The number of hydrogen-bond acceptors (Lipinski definition) is 5. The molecule has 5 nitrogen and oxygen atoms in total. The topological polar surface area (TPSA) is 103 Å². The van der Waals surface area contributed by atoms with Crippen molar-refractivity contribution in [2.75, 3.05) is 12.0 Å². The van der Waals surface area contributed by atoms with Crippen molar-refractivity contribution in [1.29, 1.82) is 0 Å². The van der Waals surface area contributed by atoms with E-state index in [1.54, 1.807) is 11.8 Å². The first-order valence-corrected chi connectivity index (χ1v) is 4.96. The summed E-state index contributed by atoms with van der Waals surface area (Å²) in [5, 5.41) is 17.2. The van der Waals surface area contributed by atoms with Crippen molar-refractivity contribution in [1.82, 2.24) is 0 Å². The molecule has 0 saturated carbocycles. The molecule has 0 saturated heterocycles. The summed E-state index contributed by atoms with van der Waals surface area (Å²) in [6.45, 7) is 0.972. The number of thioether (sulfide) groups is 1. The maximum absolute atomic E-state index is 10.1. The zero-order chi connectivity index (χ0) is 10.9. The number of carbonyl (C=O) groups is 2. The van der Waals surface area contributed by atoms with E-state index in [4.69, 9.17) is 20.7 Å². The average Bonchev–Trinajstić information content (AvgIpc) is 1.98. The third-order valence-corrected chi connectivity index (χ3v) is 1.59. The van der Waals surface area contributed by atoms with E-state index in [1.807, 2.05) is 6.26 Å². The average molecular weight is 247 g/mol. The van der Waals surface area contributed by atoms with Gasteiger partial charge in [-0.2, -0.15) is 11.8 Å². The molecule has 78 valence electrons. The third-order valence-electron chi connectivity index (χ3n) is 0.950. The van der Waals surface area contributed by atoms with Crippen LogP contribution in [0.4, 0.5) is 0 Å². The predicted octanol–water partition coefficient (Wildman–Crippen LogP) is -4.09. The molecule has 0 aliphatic carbocycles. The van der Waals surface area contributed by atoms with E-state index in [1.165, 1.54) is 0 Å². The normalized spacial score (nSPS) is 10.2. The first-order chi connectivity index (χ1) is 5.91. The number of carboxylic acids is 2. The van der Waals surface area contributed by atoms with Crippen LogP contribution in [0.3, 0.4) is 0 Å². The Morgan fingerprint density at radius 2 is 1.93 bits per heavy atom. The van der Waals surface area contributed by atoms with Crippen LogP contribution in [0.2, 0.25) is 0 Å². The van der Waals surface area contributed by atoms with E-state index in [9.17, 15) is 4.79 Å². The van der Waals surface area contributed by atoms with Gasteiger partial charge >= 0.3 is 57.4 Å². The third kappa shape index (κ3) is 23.1. The van der Waals surface area contributed by atoms with Crippen molar-refractivity contribution in [3.8, 4) is 0 Å². The fraction of sp³-hybridized carbons (Fsp3) is 0.714. The van der Waals surface area contributed by atoms with Crippen molar-refractivity contribution in [3.63, 3.8) is 0 Å².